The summed E-state index contributed by atoms with van der Waals surface area (Å²) in [5.74, 6) is 5.60. The minimum absolute atomic E-state index is 0.204. The van der Waals surface area contributed by atoms with Crippen molar-refractivity contribution in [1.82, 2.24) is 0 Å². The first-order valence-corrected chi connectivity index (χ1v) is 19.7. The number of hydrogen-bond donors (Lipinski definition) is 0. The third-order valence-corrected chi connectivity index (χ3v) is 11.3. The number of ether oxygens (including phenoxy) is 6. The van der Waals surface area contributed by atoms with E-state index in [2.05, 4.69) is 32.2 Å². The number of esters is 1. The maximum absolute atomic E-state index is 11.8. The highest BCUT2D eigenvalue weighted by Crippen LogP contribution is 2.61. The van der Waals surface area contributed by atoms with Gasteiger partial charge in [0, 0.05) is 25.5 Å². The predicted molar refractivity (Wildman–Crippen MR) is 187 cm³/mol. The van der Waals surface area contributed by atoms with E-state index in [9.17, 15) is 9.59 Å². The van der Waals surface area contributed by atoms with Gasteiger partial charge in [-0.25, -0.2) is 4.79 Å². The van der Waals surface area contributed by atoms with Crippen LogP contribution < -0.4 is 4.74 Å². The first kappa shape index (κ1) is 39.0. The van der Waals surface area contributed by atoms with Gasteiger partial charge in [0.05, 0.1) is 45.7 Å². The smallest absolute Gasteiger partial charge is 0.466 e. The first-order valence-electron chi connectivity index (χ1n) is 17.2. The molecule has 0 radical (unpaired) electrons. The van der Waals surface area contributed by atoms with Crippen molar-refractivity contribution in [1.29, 1.82) is 0 Å². The zero-order valence-electron chi connectivity index (χ0n) is 28.9. The summed E-state index contributed by atoms with van der Waals surface area (Å²) < 4.78 is 32.0. The number of hydrogen-bond acceptors (Lipinski definition) is 10. The minimum Gasteiger partial charge on any atom is -0.466 e. The van der Waals surface area contributed by atoms with Gasteiger partial charge in [0.15, 0.2) is 0 Å². The van der Waals surface area contributed by atoms with E-state index in [-0.39, 0.29) is 5.97 Å². The molecule has 1 aromatic rings. The molecule has 8 nitrogen and oxygen atoms in total. The molecule has 0 aromatic heterocycles. The van der Waals surface area contributed by atoms with Crippen molar-refractivity contribution in [2.75, 3.05) is 70.3 Å². The lowest BCUT2D eigenvalue weighted by atomic mass is 9.55. The molecule has 2 fully saturated rings. The third-order valence-electron chi connectivity index (χ3n) is 9.73. The summed E-state index contributed by atoms with van der Waals surface area (Å²) in [5, 5.41) is 0. The molecule has 5 atom stereocenters. The Balaban J connectivity index is 0.000000280. The molecular formula is C36H58O8S2. The summed E-state index contributed by atoms with van der Waals surface area (Å²) in [6, 6.07) is 6.21. The fourth-order valence-electron chi connectivity index (χ4n) is 7.45. The van der Waals surface area contributed by atoms with Crippen molar-refractivity contribution in [3.8, 4) is 5.75 Å². The SMILES string of the molecule is CCCCOC(=O)Oc1ccc2c(c1)CC[C@@H]1[C@H]3CC[C@@H](OC)[C@]3(C)CC[C@@H]21.CSCCOCCOCCSCCCOC(C)=O. The summed E-state index contributed by atoms with van der Waals surface area (Å²) in [6.45, 7) is 9.81. The minimum atomic E-state index is -0.591. The van der Waals surface area contributed by atoms with Crippen molar-refractivity contribution < 1.29 is 38.0 Å². The highest BCUT2D eigenvalue weighted by Gasteiger charge is 2.55. The Morgan fingerprint density at radius 2 is 1.67 bits per heavy atom. The third kappa shape index (κ3) is 12.2. The Morgan fingerprint density at radius 1 is 0.913 bits per heavy atom. The molecule has 0 saturated heterocycles. The van der Waals surface area contributed by atoms with Crippen LogP contribution >= 0.6 is 23.5 Å². The second kappa shape index (κ2) is 21.5. The van der Waals surface area contributed by atoms with Gasteiger partial charge in [0.2, 0.25) is 0 Å². The number of fused-ring (bicyclic) bond motifs is 5. The van der Waals surface area contributed by atoms with E-state index in [1.165, 1.54) is 50.2 Å². The average Bonchev–Trinajstić information content (AvgIpc) is 3.39. The molecule has 46 heavy (non-hydrogen) atoms. The monoisotopic (exact) mass is 682 g/mol. The Labute approximate surface area is 286 Å². The van der Waals surface area contributed by atoms with Crippen LogP contribution in [0.2, 0.25) is 0 Å². The fraction of sp³-hybridized carbons (Fsp3) is 0.778. The Morgan fingerprint density at radius 3 is 2.39 bits per heavy atom. The summed E-state index contributed by atoms with van der Waals surface area (Å²) in [7, 11) is 1.88. The number of methoxy groups -OCH3 is 1. The van der Waals surface area contributed by atoms with Crippen LogP contribution in [-0.4, -0.2) is 88.5 Å². The Bertz CT molecular complexity index is 1040. The molecule has 2 saturated carbocycles. The molecule has 4 rings (SSSR count). The molecule has 1 aromatic carbocycles. The van der Waals surface area contributed by atoms with Crippen molar-refractivity contribution in [3.05, 3.63) is 29.3 Å². The van der Waals surface area contributed by atoms with Gasteiger partial charge >= 0.3 is 12.1 Å². The second-order valence-corrected chi connectivity index (χ2v) is 14.9. The number of benzene rings is 1. The topological polar surface area (TPSA) is 89.5 Å². The van der Waals surface area contributed by atoms with Crippen LogP contribution in [0.1, 0.15) is 89.2 Å². The molecule has 262 valence electrons. The largest absolute Gasteiger partial charge is 0.513 e. The number of carbonyl (C=O) groups excluding carboxylic acids is 2. The van der Waals surface area contributed by atoms with Crippen LogP contribution in [-0.2, 0) is 34.9 Å². The normalized spacial score (nSPS) is 24.5. The molecule has 3 aliphatic rings. The number of carbonyl (C=O) groups is 2. The summed E-state index contributed by atoms with van der Waals surface area (Å²) >= 11 is 3.60. The van der Waals surface area contributed by atoms with E-state index in [1.807, 2.05) is 24.9 Å². The molecule has 10 heteroatoms. The molecule has 0 amide bonds. The molecule has 0 N–H and O–H groups in total. The summed E-state index contributed by atoms with van der Waals surface area (Å²) in [6.07, 6.45) is 12.0. The van der Waals surface area contributed by atoms with Gasteiger partial charge in [0.1, 0.15) is 5.75 Å². The van der Waals surface area contributed by atoms with Gasteiger partial charge in [-0.1, -0.05) is 26.3 Å². The fourth-order valence-corrected chi connectivity index (χ4v) is 8.49. The van der Waals surface area contributed by atoms with Crippen LogP contribution in [0.15, 0.2) is 18.2 Å². The second-order valence-electron chi connectivity index (χ2n) is 12.7. The van der Waals surface area contributed by atoms with Gasteiger partial charge < -0.3 is 28.4 Å². The summed E-state index contributed by atoms with van der Waals surface area (Å²) in [5.41, 5.74) is 3.18. The molecule has 0 spiro atoms. The van der Waals surface area contributed by atoms with Crippen molar-refractivity contribution >= 4 is 35.6 Å². The number of aryl methyl sites for hydroxylation is 1. The zero-order chi connectivity index (χ0) is 33.2. The van der Waals surface area contributed by atoms with E-state index in [0.717, 1.165) is 68.0 Å². The van der Waals surface area contributed by atoms with E-state index in [1.54, 1.807) is 11.8 Å². The van der Waals surface area contributed by atoms with Gasteiger partial charge in [-0.15, -0.1) is 0 Å². The molecular weight excluding hydrogens is 625 g/mol. The number of unbranched alkanes of at least 4 members (excludes halogenated alkanes) is 1. The molecule has 3 aliphatic carbocycles. The summed E-state index contributed by atoms with van der Waals surface area (Å²) in [4.78, 5) is 22.3. The van der Waals surface area contributed by atoms with Crippen molar-refractivity contribution in [2.45, 2.75) is 90.6 Å². The number of rotatable bonds is 18. The average molecular weight is 683 g/mol. The van der Waals surface area contributed by atoms with E-state index >= 15 is 0 Å². The van der Waals surface area contributed by atoms with Gasteiger partial charge in [-0.2, -0.15) is 23.5 Å². The van der Waals surface area contributed by atoms with Gasteiger partial charge in [0.25, 0.3) is 0 Å². The zero-order valence-corrected chi connectivity index (χ0v) is 30.5. The lowest BCUT2D eigenvalue weighted by molar-refractivity contribution is -0.140. The quantitative estimate of drug-likeness (QED) is 0.0864. The van der Waals surface area contributed by atoms with Crippen LogP contribution in [0.5, 0.6) is 5.75 Å². The Hall–Kier alpha value is -1.46. The molecule has 0 bridgehead atoms. The van der Waals surface area contributed by atoms with E-state index in [4.69, 9.17) is 28.4 Å². The molecule has 0 unspecified atom stereocenters. The van der Waals surface area contributed by atoms with Gasteiger partial charge in [-0.3, -0.25) is 4.79 Å². The van der Waals surface area contributed by atoms with Crippen LogP contribution in [0, 0.1) is 17.3 Å². The van der Waals surface area contributed by atoms with Crippen molar-refractivity contribution in [3.63, 3.8) is 0 Å². The highest BCUT2D eigenvalue weighted by atomic mass is 32.2. The predicted octanol–water partition coefficient (Wildman–Crippen LogP) is 7.94. The van der Waals surface area contributed by atoms with Crippen LogP contribution in [0.25, 0.3) is 0 Å². The first-order chi connectivity index (χ1) is 22.3. The maximum Gasteiger partial charge on any atom is 0.513 e. The maximum atomic E-state index is 11.8. The molecule has 0 heterocycles. The molecule has 0 aliphatic heterocycles. The van der Waals surface area contributed by atoms with E-state index < -0.39 is 6.16 Å². The lowest BCUT2D eigenvalue weighted by Gasteiger charge is -2.50. The van der Waals surface area contributed by atoms with Gasteiger partial charge in [-0.05, 0) is 110 Å². The highest BCUT2D eigenvalue weighted by molar-refractivity contribution is 7.99. The standard InChI is InChI=1S/C24H34O4.C12H24O4S2/c1-4-5-14-27-23(25)28-17-7-9-18-16(15-17)6-8-20-19(18)12-13-24(2)21(20)10-11-22(24)26-3;1-12(13)16-4-3-9-18-11-8-15-6-5-14-7-10-17-2/h7,9,15,19-22H,4-6,8,10-14H2,1-3H3;3-11H2,1-2H3/t19-,20-,21+,22+,24+;/m0./s1. The lowest BCUT2D eigenvalue weighted by Crippen LogP contribution is -2.44. The van der Waals surface area contributed by atoms with Crippen LogP contribution in [0.3, 0.4) is 0 Å². The number of thioether (sulfide) groups is 2. The van der Waals surface area contributed by atoms with E-state index in [0.29, 0.717) is 49.6 Å². The van der Waals surface area contributed by atoms with Crippen LogP contribution in [0.4, 0.5) is 4.79 Å². The van der Waals surface area contributed by atoms with Crippen molar-refractivity contribution in [2.24, 2.45) is 17.3 Å². The Kier molecular flexibility index (Phi) is 18.2.